The van der Waals surface area contributed by atoms with Crippen molar-refractivity contribution >= 4 is 27.6 Å². The van der Waals surface area contributed by atoms with Gasteiger partial charge in [-0.15, -0.1) is 0 Å². The highest BCUT2D eigenvalue weighted by Gasteiger charge is 2.20. The Morgan fingerprint density at radius 2 is 1.88 bits per heavy atom. The first-order chi connectivity index (χ1) is 15.7. The number of hydrogen-bond acceptors (Lipinski definition) is 7. The molecule has 0 atom stereocenters. The van der Waals surface area contributed by atoms with Gasteiger partial charge < -0.3 is 19.9 Å². The predicted molar refractivity (Wildman–Crippen MR) is 124 cm³/mol. The number of imidazole rings is 1. The van der Waals surface area contributed by atoms with Crippen molar-refractivity contribution in [3.63, 3.8) is 0 Å². The second-order valence-corrected chi connectivity index (χ2v) is 8.17. The number of aromatic hydroxyl groups is 1. The lowest BCUT2D eigenvalue weighted by Crippen LogP contribution is -2.44. The van der Waals surface area contributed by atoms with Gasteiger partial charge in [0.25, 0.3) is 0 Å². The number of anilines is 1. The highest BCUT2D eigenvalue weighted by Crippen LogP contribution is 2.32. The van der Waals surface area contributed by atoms with E-state index in [0.29, 0.717) is 11.5 Å². The van der Waals surface area contributed by atoms with E-state index in [0.717, 1.165) is 65.1 Å². The summed E-state index contributed by atoms with van der Waals surface area (Å²) in [4.78, 5) is 21.7. The Balaban J connectivity index is 1.44. The Kier molecular flexibility index (Phi) is 4.29. The van der Waals surface area contributed by atoms with Gasteiger partial charge >= 0.3 is 0 Å². The SMILES string of the molecule is CN1CCN(c2cccc3[nH]c(-c4n[nH]c5cnc(-c6cncc(O)c6)cc45)nc23)CC1. The molecule has 0 unspecified atom stereocenters. The van der Waals surface area contributed by atoms with Crippen LogP contribution in [0.1, 0.15) is 0 Å². The summed E-state index contributed by atoms with van der Waals surface area (Å²) >= 11 is 0. The molecule has 32 heavy (non-hydrogen) atoms. The molecule has 9 nitrogen and oxygen atoms in total. The minimum absolute atomic E-state index is 0.102. The van der Waals surface area contributed by atoms with E-state index in [-0.39, 0.29) is 5.75 Å². The van der Waals surface area contributed by atoms with Crippen LogP contribution in [-0.2, 0) is 0 Å². The molecule has 9 heteroatoms. The molecule has 0 aliphatic carbocycles. The smallest absolute Gasteiger partial charge is 0.159 e. The van der Waals surface area contributed by atoms with Crippen LogP contribution in [0.15, 0.2) is 48.9 Å². The first-order valence-corrected chi connectivity index (χ1v) is 10.6. The lowest BCUT2D eigenvalue weighted by Gasteiger charge is -2.34. The first kappa shape index (κ1) is 18.8. The number of benzene rings is 1. The molecule has 6 rings (SSSR count). The molecule has 1 aliphatic heterocycles. The van der Waals surface area contributed by atoms with Crippen molar-refractivity contribution in [1.82, 2.24) is 35.0 Å². The zero-order valence-corrected chi connectivity index (χ0v) is 17.6. The lowest BCUT2D eigenvalue weighted by atomic mass is 10.1. The highest BCUT2D eigenvalue weighted by molar-refractivity contribution is 5.96. The van der Waals surface area contributed by atoms with Gasteiger partial charge in [0.15, 0.2) is 5.82 Å². The van der Waals surface area contributed by atoms with E-state index in [2.05, 4.69) is 54.1 Å². The van der Waals surface area contributed by atoms with Crippen molar-refractivity contribution < 1.29 is 5.11 Å². The fraction of sp³-hybridized carbons (Fsp3) is 0.217. The summed E-state index contributed by atoms with van der Waals surface area (Å²) in [5.41, 5.74) is 6.08. The van der Waals surface area contributed by atoms with Crippen LogP contribution in [0.2, 0.25) is 0 Å². The number of nitrogens with one attached hydrogen (secondary N) is 2. The van der Waals surface area contributed by atoms with Gasteiger partial charge in [0.2, 0.25) is 0 Å². The van der Waals surface area contributed by atoms with Crippen molar-refractivity contribution in [2.45, 2.75) is 0 Å². The van der Waals surface area contributed by atoms with Crippen molar-refractivity contribution in [2.75, 3.05) is 38.1 Å². The van der Waals surface area contributed by atoms with E-state index in [1.54, 1.807) is 18.5 Å². The summed E-state index contributed by atoms with van der Waals surface area (Å²) in [6.45, 7) is 4.04. The minimum Gasteiger partial charge on any atom is -0.506 e. The van der Waals surface area contributed by atoms with Crippen LogP contribution in [0.4, 0.5) is 5.69 Å². The number of rotatable bonds is 3. The fourth-order valence-corrected chi connectivity index (χ4v) is 4.25. The Morgan fingerprint density at radius 3 is 2.72 bits per heavy atom. The molecular formula is C23H22N8O. The van der Waals surface area contributed by atoms with Crippen LogP contribution < -0.4 is 4.90 Å². The van der Waals surface area contributed by atoms with Gasteiger partial charge in [-0.1, -0.05) is 6.07 Å². The summed E-state index contributed by atoms with van der Waals surface area (Å²) in [5.74, 6) is 0.810. The molecule has 0 radical (unpaired) electrons. The number of nitrogens with zero attached hydrogens (tertiary/aromatic N) is 6. The molecule has 160 valence electrons. The maximum Gasteiger partial charge on any atom is 0.159 e. The number of likely N-dealkylation sites (N-methyl/N-ethyl adjacent to an activating group) is 1. The van der Waals surface area contributed by atoms with Crippen LogP contribution in [-0.4, -0.2) is 73.4 Å². The second kappa shape index (κ2) is 7.31. The van der Waals surface area contributed by atoms with E-state index >= 15 is 0 Å². The third kappa shape index (κ3) is 3.14. The summed E-state index contributed by atoms with van der Waals surface area (Å²) in [6, 6.07) is 9.84. The highest BCUT2D eigenvalue weighted by atomic mass is 16.3. The molecule has 4 aromatic heterocycles. The monoisotopic (exact) mass is 426 g/mol. The van der Waals surface area contributed by atoms with Gasteiger partial charge in [0.1, 0.15) is 17.0 Å². The summed E-state index contributed by atoms with van der Waals surface area (Å²) in [5, 5.41) is 18.3. The molecular weight excluding hydrogens is 404 g/mol. The quantitative estimate of drug-likeness (QED) is 0.407. The van der Waals surface area contributed by atoms with Gasteiger partial charge in [0.05, 0.1) is 34.8 Å². The number of piperazine rings is 1. The lowest BCUT2D eigenvalue weighted by molar-refractivity contribution is 0.313. The van der Waals surface area contributed by atoms with Gasteiger partial charge in [0, 0.05) is 43.3 Å². The van der Waals surface area contributed by atoms with Crippen molar-refractivity contribution in [2.24, 2.45) is 0 Å². The minimum atomic E-state index is 0.102. The van der Waals surface area contributed by atoms with E-state index in [1.165, 1.54) is 6.20 Å². The standard InChI is InChI=1S/C23H22N8O/c1-30-5-7-31(8-6-30)20-4-2-3-17-22(20)27-23(26-17)21-16-10-18(25-13-19(16)28-29-21)14-9-15(32)12-24-11-14/h2-4,9-13,32H,5-8H2,1H3,(H,26,27)(H,28,29). The largest absolute Gasteiger partial charge is 0.506 e. The summed E-state index contributed by atoms with van der Waals surface area (Å²) < 4.78 is 0. The number of para-hydroxylation sites is 1. The average molecular weight is 426 g/mol. The van der Waals surface area contributed by atoms with Crippen LogP contribution in [0, 0.1) is 0 Å². The molecule has 1 aromatic carbocycles. The number of H-pyrrole nitrogens is 2. The van der Waals surface area contributed by atoms with Crippen LogP contribution in [0.3, 0.4) is 0 Å². The molecule has 1 fully saturated rings. The van der Waals surface area contributed by atoms with Crippen LogP contribution in [0.25, 0.3) is 44.7 Å². The number of aromatic amines is 2. The molecule has 5 aromatic rings. The third-order valence-corrected chi connectivity index (χ3v) is 6.03. The van der Waals surface area contributed by atoms with Crippen molar-refractivity contribution in [3.8, 4) is 28.5 Å². The topological polar surface area (TPSA) is 110 Å². The second-order valence-electron chi connectivity index (χ2n) is 8.17. The van der Waals surface area contributed by atoms with Crippen LogP contribution >= 0.6 is 0 Å². The predicted octanol–water partition coefficient (Wildman–Crippen LogP) is 3.02. The van der Waals surface area contributed by atoms with Crippen LogP contribution in [0.5, 0.6) is 5.75 Å². The number of pyridine rings is 2. The van der Waals surface area contributed by atoms with Crippen molar-refractivity contribution in [1.29, 1.82) is 0 Å². The van der Waals surface area contributed by atoms with Gasteiger partial charge in [-0.3, -0.25) is 15.1 Å². The number of fused-ring (bicyclic) bond motifs is 2. The molecule has 0 amide bonds. The Labute approximate surface area is 183 Å². The maximum absolute atomic E-state index is 9.78. The maximum atomic E-state index is 9.78. The Bertz CT molecular complexity index is 1430. The molecule has 1 saturated heterocycles. The molecule has 5 heterocycles. The fourth-order valence-electron chi connectivity index (χ4n) is 4.25. The zero-order valence-electron chi connectivity index (χ0n) is 17.6. The molecule has 0 saturated carbocycles. The third-order valence-electron chi connectivity index (χ3n) is 6.03. The van der Waals surface area contributed by atoms with Gasteiger partial charge in [-0.2, -0.15) is 5.10 Å². The summed E-state index contributed by atoms with van der Waals surface area (Å²) in [7, 11) is 2.16. The normalized spacial score (nSPS) is 15.1. The van der Waals surface area contributed by atoms with E-state index in [9.17, 15) is 5.11 Å². The van der Waals surface area contributed by atoms with E-state index in [4.69, 9.17) is 4.98 Å². The molecule has 3 N–H and O–H groups in total. The number of aromatic nitrogens is 6. The van der Waals surface area contributed by atoms with Gasteiger partial charge in [-0.05, 0) is 31.3 Å². The Morgan fingerprint density at radius 1 is 1.00 bits per heavy atom. The summed E-state index contributed by atoms with van der Waals surface area (Å²) in [6.07, 6.45) is 4.82. The number of hydrogen-bond donors (Lipinski definition) is 3. The van der Waals surface area contributed by atoms with Gasteiger partial charge in [-0.25, -0.2) is 4.98 Å². The Hall–Kier alpha value is -3.98. The molecule has 0 spiro atoms. The molecule has 1 aliphatic rings. The van der Waals surface area contributed by atoms with E-state index in [1.807, 2.05) is 12.1 Å². The first-order valence-electron chi connectivity index (χ1n) is 10.6. The van der Waals surface area contributed by atoms with Crippen molar-refractivity contribution in [3.05, 3.63) is 48.9 Å². The zero-order chi connectivity index (χ0) is 21.7. The molecule has 0 bridgehead atoms. The van der Waals surface area contributed by atoms with E-state index < -0.39 is 0 Å². The average Bonchev–Trinajstić information content (AvgIpc) is 3.43.